The van der Waals surface area contributed by atoms with Gasteiger partial charge in [0.05, 0.1) is 16.7 Å². The Morgan fingerprint density at radius 3 is 2.44 bits per heavy atom. The summed E-state index contributed by atoms with van der Waals surface area (Å²) >= 11 is 11.9. The Hall–Kier alpha value is -1.55. The molecule has 1 saturated heterocycles. The van der Waals surface area contributed by atoms with Crippen LogP contribution in [-0.2, 0) is 11.2 Å². The second-order valence-electron chi connectivity index (χ2n) is 6.24. The Morgan fingerprint density at radius 2 is 1.76 bits per heavy atom. The van der Waals surface area contributed by atoms with Crippen molar-refractivity contribution in [1.82, 2.24) is 0 Å². The maximum absolute atomic E-state index is 12.4. The molecular formula is C20H20Cl2O3. The standard InChI is InChI=1S/C20H20Cl2O3/c21-18-6-1-15(11-19(18)22)12-20(23)16-2-4-17(5-3-16)25-13-14-7-9-24-10-8-14/h1-6,11,14H,7-10,12-13H2. The number of carbonyl (C=O) groups is 1. The number of ether oxygens (including phenoxy) is 2. The quantitative estimate of drug-likeness (QED) is 0.646. The number of carbonyl (C=O) groups excluding carboxylic acids is 1. The van der Waals surface area contributed by atoms with Crippen LogP contribution in [0.2, 0.25) is 10.0 Å². The SMILES string of the molecule is O=C(Cc1ccc(Cl)c(Cl)c1)c1ccc(OCC2CCOCC2)cc1. The van der Waals surface area contributed by atoms with Crippen LogP contribution in [-0.4, -0.2) is 25.6 Å². The predicted molar refractivity (Wildman–Crippen MR) is 100.0 cm³/mol. The van der Waals surface area contributed by atoms with E-state index in [0.717, 1.165) is 37.4 Å². The molecule has 3 nitrogen and oxygen atoms in total. The van der Waals surface area contributed by atoms with E-state index in [0.29, 0.717) is 34.6 Å². The van der Waals surface area contributed by atoms with Crippen molar-refractivity contribution in [1.29, 1.82) is 0 Å². The summed E-state index contributed by atoms with van der Waals surface area (Å²) in [6.07, 6.45) is 2.37. The summed E-state index contributed by atoms with van der Waals surface area (Å²) in [5.74, 6) is 1.37. The maximum Gasteiger partial charge on any atom is 0.167 e. The van der Waals surface area contributed by atoms with E-state index < -0.39 is 0 Å². The molecule has 2 aromatic rings. The molecule has 5 heteroatoms. The van der Waals surface area contributed by atoms with E-state index >= 15 is 0 Å². The highest BCUT2D eigenvalue weighted by Gasteiger charge is 2.14. The molecule has 1 aliphatic rings. The van der Waals surface area contributed by atoms with Crippen molar-refractivity contribution in [3.05, 3.63) is 63.6 Å². The normalized spacial score (nSPS) is 15.1. The molecule has 0 N–H and O–H groups in total. The van der Waals surface area contributed by atoms with Crippen LogP contribution >= 0.6 is 23.2 Å². The average molecular weight is 379 g/mol. The Bertz CT molecular complexity index is 722. The van der Waals surface area contributed by atoms with Crippen LogP contribution in [0.4, 0.5) is 0 Å². The zero-order chi connectivity index (χ0) is 17.6. The molecule has 1 aliphatic heterocycles. The minimum atomic E-state index is 0.0365. The third-order valence-electron chi connectivity index (χ3n) is 4.35. The average Bonchev–Trinajstić information content (AvgIpc) is 2.64. The Kier molecular flexibility index (Phi) is 6.35. The molecule has 0 radical (unpaired) electrons. The summed E-state index contributed by atoms with van der Waals surface area (Å²) in [6, 6.07) is 12.6. The molecule has 0 bridgehead atoms. The van der Waals surface area contributed by atoms with Crippen molar-refractivity contribution in [3.8, 4) is 5.75 Å². The highest BCUT2D eigenvalue weighted by atomic mass is 35.5. The summed E-state index contributed by atoms with van der Waals surface area (Å²) < 4.78 is 11.2. The van der Waals surface area contributed by atoms with Crippen LogP contribution < -0.4 is 4.74 Å². The number of halogens is 2. The van der Waals surface area contributed by atoms with Gasteiger partial charge in [0, 0.05) is 25.2 Å². The fraction of sp³-hybridized carbons (Fsp3) is 0.350. The first-order valence-corrected chi connectivity index (χ1v) is 9.15. The summed E-state index contributed by atoms with van der Waals surface area (Å²) in [6.45, 7) is 2.33. The Balaban J connectivity index is 1.55. The van der Waals surface area contributed by atoms with Crippen LogP contribution in [0, 0.1) is 5.92 Å². The fourth-order valence-corrected chi connectivity index (χ4v) is 3.12. The van der Waals surface area contributed by atoms with E-state index in [1.165, 1.54) is 0 Å². The van der Waals surface area contributed by atoms with Gasteiger partial charge in [-0.1, -0.05) is 29.3 Å². The lowest BCUT2D eigenvalue weighted by Crippen LogP contribution is -2.21. The fourth-order valence-electron chi connectivity index (χ4n) is 2.80. The van der Waals surface area contributed by atoms with E-state index in [4.69, 9.17) is 32.7 Å². The lowest BCUT2D eigenvalue weighted by Gasteiger charge is -2.22. The molecule has 1 fully saturated rings. The van der Waals surface area contributed by atoms with Crippen molar-refractivity contribution in [2.75, 3.05) is 19.8 Å². The third kappa shape index (κ3) is 5.21. The van der Waals surface area contributed by atoms with Crippen LogP contribution in [0.5, 0.6) is 5.75 Å². The molecule has 0 amide bonds. The first-order valence-electron chi connectivity index (χ1n) is 8.39. The van der Waals surface area contributed by atoms with Gasteiger partial charge in [0.1, 0.15) is 5.75 Å². The Morgan fingerprint density at radius 1 is 1.04 bits per heavy atom. The van der Waals surface area contributed by atoms with Gasteiger partial charge < -0.3 is 9.47 Å². The number of hydrogen-bond donors (Lipinski definition) is 0. The van der Waals surface area contributed by atoms with Gasteiger partial charge in [0.15, 0.2) is 5.78 Å². The molecule has 2 aromatic carbocycles. The third-order valence-corrected chi connectivity index (χ3v) is 5.09. The number of hydrogen-bond acceptors (Lipinski definition) is 3. The van der Waals surface area contributed by atoms with Crippen LogP contribution in [0.15, 0.2) is 42.5 Å². The van der Waals surface area contributed by atoms with Gasteiger partial charge in [-0.3, -0.25) is 4.79 Å². The first-order chi connectivity index (χ1) is 12.1. The van der Waals surface area contributed by atoms with E-state index in [2.05, 4.69) is 0 Å². The molecule has 0 spiro atoms. The molecule has 0 saturated carbocycles. The van der Waals surface area contributed by atoms with Gasteiger partial charge >= 0.3 is 0 Å². The second kappa shape index (κ2) is 8.70. The smallest absolute Gasteiger partial charge is 0.167 e. The van der Waals surface area contributed by atoms with E-state index in [1.807, 2.05) is 18.2 Å². The van der Waals surface area contributed by atoms with E-state index in [9.17, 15) is 4.79 Å². The highest BCUT2D eigenvalue weighted by molar-refractivity contribution is 6.42. The van der Waals surface area contributed by atoms with Crippen LogP contribution in [0.3, 0.4) is 0 Å². The monoisotopic (exact) mass is 378 g/mol. The van der Waals surface area contributed by atoms with Crippen molar-refractivity contribution in [2.24, 2.45) is 5.92 Å². The topological polar surface area (TPSA) is 35.5 Å². The summed E-state index contributed by atoms with van der Waals surface area (Å²) in [7, 11) is 0. The lowest BCUT2D eigenvalue weighted by molar-refractivity contribution is 0.0497. The van der Waals surface area contributed by atoms with Gasteiger partial charge in [0.2, 0.25) is 0 Å². The molecule has 3 rings (SSSR count). The molecule has 0 aromatic heterocycles. The summed E-state index contributed by atoms with van der Waals surface area (Å²) in [5, 5.41) is 0.952. The van der Waals surface area contributed by atoms with Crippen molar-refractivity contribution in [3.63, 3.8) is 0 Å². The van der Waals surface area contributed by atoms with Gasteiger partial charge in [-0.15, -0.1) is 0 Å². The molecule has 0 atom stereocenters. The summed E-state index contributed by atoms with van der Waals surface area (Å²) in [4.78, 5) is 12.4. The number of ketones is 1. The minimum Gasteiger partial charge on any atom is -0.493 e. The number of Topliss-reactive ketones (excluding diaryl/α,β-unsaturated/α-hetero) is 1. The van der Waals surface area contributed by atoms with E-state index in [-0.39, 0.29) is 5.78 Å². The zero-order valence-corrected chi connectivity index (χ0v) is 15.4. The minimum absolute atomic E-state index is 0.0365. The van der Waals surface area contributed by atoms with Crippen molar-refractivity contribution < 1.29 is 14.3 Å². The van der Waals surface area contributed by atoms with Gasteiger partial charge in [-0.25, -0.2) is 0 Å². The molecule has 132 valence electrons. The second-order valence-corrected chi connectivity index (χ2v) is 7.05. The van der Waals surface area contributed by atoms with Gasteiger partial charge in [-0.05, 0) is 60.7 Å². The van der Waals surface area contributed by atoms with Gasteiger partial charge in [-0.2, -0.15) is 0 Å². The van der Waals surface area contributed by atoms with Crippen molar-refractivity contribution >= 4 is 29.0 Å². The van der Waals surface area contributed by atoms with Crippen LogP contribution in [0.25, 0.3) is 0 Å². The molecule has 0 unspecified atom stereocenters. The number of benzene rings is 2. The zero-order valence-electron chi connectivity index (χ0n) is 13.8. The molecule has 1 heterocycles. The molecular weight excluding hydrogens is 359 g/mol. The highest BCUT2D eigenvalue weighted by Crippen LogP contribution is 2.24. The number of rotatable bonds is 6. The molecule has 0 aliphatic carbocycles. The van der Waals surface area contributed by atoms with Crippen molar-refractivity contribution in [2.45, 2.75) is 19.3 Å². The molecule has 25 heavy (non-hydrogen) atoms. The lowest BCUT2D eigenvalue weighted by atomic mass is 10.0. The largest absolute Gasteiger partial charge is 0.493 e. The Labute approximate surface area is 157 Å². The summed E-state index contributed by atoms with van der Waals surface area (Å²) in [5.41, 5.74) is 1.50. The predicted octanol–water partition coefficient (Wildman–Crippen LogP) is 5.22. The van der Waals surface area contributed by atoms with Gasteiger partial charge in [0.25, 0.3) is 0 Å². The van der Waals surface area contributed by atoms with Crippen LogP contribution in [0.1, 0.15) is 28.8 Å². The first kappa shape index (κ1) is 18.2. The maximum atomic E-state index is 12.4. The van der Waals surface area contributed by atoms with E-state index in [1.54, 1.807) is 24.3 Å².